The molecule has 0 unspecified atom stereocenters. The van der Waals surface area contributed by atoms with Gasteiger partial charge in [0, 0.05) is 5.56 Å². The molecule has 0 saturated carbocycles. The zero-order valence-electron chi connectivity index (χ0n) is 7.43. The summed E-state index contributed by atoms with van der Waals surface area (Å²) in [6.07, 6.45) is -0.497. The van der Waals surface area contributed by atoms with Gasteiger partial charge in [-0.2, -0.15) is 5.26 Å². The molecule has 1 fully saturated rings. The van der Waals surface area contributed by atoms with Crippen LogP contribution in [-0.2, 0) is 9.47 Å². The second-order valence-corrected chi connectivity index (χ2v) is 2.96. The van der Waals surface area contributed by atoms with Gasteiger partial charge in [0.1, 0.15) is 5.75 Å². The van der Waals surface area contributed by atoms with Crippen LogP contribution in [0.1, 0.15) is 17.4 Å². The summed E-state index contributed by atoms with van der Waals surface area (Å²) in [5.41, 5.74) is 0.991. The first kappa shape index (κ1) is 9.00. The molecule has 14 heavy (non-hydrogen) atoms. The molecule has 0 bridgehead atoms. The van der Waals surface area contributed by atoms with Gasteiger partial charge in [0.05, 0.1) is 24.8 Å². The van der Waals surface area contributed by atoms with Crippen molar-refractivity contribution >= 4 is 0 Å². The largest absolute Gasteiger partial charge is 0.507 e. The van der Waals surface area contributed by atoms with Crippen LogP contribution in [0.4, 0.5) is 0 Å². The molecular formula is C10H9NO3. The molecule has 1 aliphatic rings. The van der Waals surface area contributed by atoms with Crippen molar-refractivity contribution < 1.29 is 14.6 Å². The zero-order valence-corrected chi connectivity index (χ0v) is 7.43. The summed E-state index contributed by atoms with van der Waals surface area (Å²) in [6, 6.07) is 6.61. The summed E-state index contributed by atoms with van der Waals surface area (Å²) < 4.78 is 10.5. The lowest BCUT2D eigenvalue weighted by molar-refractivity contribution is -0.0454. The van der Waals surface area contributed by atoms with E-state index < -0.39 is 6.29 Å². The first-order valence-electron chi connectivity index (χ1n) is 4.27. The van der Waals surface area contributed by atoms with Crippen LogP contribution in [0.25, 0.3) is 0 Å². The number of ether oxygens (including phenoxy) is 2. The van der Waals surface area contributed by atoms with E-state index in [2.05, 4.69) is 0 Å². The molecule has 4 heteroatoms. The maximum atomic E-state index is 9.57. The van der Waals surface area contributed by atoms with Crippen LogP contribution in [0.5, 0.6) is 5.75 Å². The van der Waals surface area contributed by atoms with E-state index in [-0.39, 0.29) is 5.75 Å². The average Bonchev–Trinajstić information content (AvgIpc) is 2.70. The summed E-state index contributed by atoms with van der Waals surface area (Å²) in [5, 5.41) is 18.2. The molecule has 0 aliphatic carbocycles. The van der Waals surface area contributed by atoms with E-state index in [0.717, 1.165) is 0 Å². The number of benzene rings is 1. The minimum absolute atomic E-state index is 0.0379. The van der Waals surface area contributed by atoms with Gasteiger partial charge >= 0.3 is 0 Å². The fraction of sp³-hybridized carbons (Fsp3) is 0.300. The molecular weight excluding hydrogens is 182 g/mol. The second-order valence-electron chi connectivity index (χ2n) is 2.96. The highest BCUT2D eigenvalue weighted by Crippen LogP contribution is 2.30. The Bertz CT molecular complexity index is 377. The molecule has 1 aliphatic heterocycles. The molecule has 1 aromatic rings. The summed E-state index contributed by atoms with van der Waals surface area (Å²) in [6.45, 7) is 1.06. The van der Waals surface area contributed by atoms with E-state index in [9.17, 15) is 5.11 Å². The van der Waals surface area contributed by atoms with Gasteiger partial charge in [0.15, 0.2) is 6.29 Å². The highest BCUT2D eigenvalue weighted by atomic mass is 16.7. The van der Waals surface area contributed by atoms with Crippen molar-refractivity contribution in [3.8, 4) is 11.8 Å². The minimum Gasteiger partial charge on any atom is -0.507 e. The number of rotatable bonds is 1. The number of hydrogen-bond donors (Lipinski definition) is 1. The van der Waals surface area contributed by atoms with Gasteiger partial charge < -0.3 is 14.6 Å². The number of nitriles is 1. The number of phenols is 1. The lowest BCUT2D eigenvalue weighted by Gasteiger charge is -2.10. The molecule has 1 N–H and O–H groups in total. The zero-order chi connectivity index (χ0) is 9.97. The summed E-state index contributed by atoms with van der Waals surface area (Å²) >= 11 is 0. The molecule has 2 rings (SSSR count). The summed E-state index contributed by atoms with van der Waals surface area (Å²) in [4.78, 5) is 0. The van der Waals surface area contributed by atoms with Crippen molar-refractivity contribution in [3.63, 3.8) is 0 Å². The van der Waals surface area contributed by atoms with E-state index in [1.807, 2.05) is 6.07 Å². The van der Waals surface area contributed by atoms with Gasteiger partial charge in [-0.05, 0) is 18.2 Å². The number of hydrogen-bond acceptors (Lipinski definition) is 4. The molecule has 72 valence electrons. The smallest absolute Gasteiger partial charge is 0.187 e. The van der Waals surface area contributed by atoms with Crippen LogP contribution in [0.15, 0.2) is 18.2 Å². The third kappa shape index (κ3) is 1.55. The molecule has 1 heterocycles. The fourth-order valence-electron chi connectivity index (χ4n) is 1.35. The Morgan fingerprint density at radius 2 is 2.07 bits per heavy atom. The predicted molar refractivity (Wildman–Crippen MR) is 47.5 cm³/mol. The molecule has 1 aromatic carbocycles. The van der Waals surface area contributed by atoms with Crippen molar-refractivity contribution in [2.75, 3.05) is 13.2 Å². The first-order chi connectivity index (χ1) is 6.81. The van der Waals surface area contributed by atoms with Gasteiger partial charge in [-0.15, -0.1) is 0 Å². The fourth-order valence-corrected chi connectivity index (χ4v) is 1.35. The predicted octanol–water partition coefficient (Wildman–Crippen LogP) is 1.31. The molecule has 4 nitrogen and oxygen atoms in total. The SMILES string of the molecule is N#Cc1ccc(C2OCCO2)c(O)c1. The van der Waals surface area contributed by atoms with Crippen molar-refractivity contribution in [1.29, 1.82) is 5.26 Å². The van der Waals surface area contributed by atoms with E-state index in [1.54, 1.807) is 12.1 Å². The minimum atomic E-state index is -0.497. The van der Waals surface area contributed by atoms with E-state index in [0.29, 0.717) is 24.3 Å². The lowest BCUT2D eigenvalue weighted by atomic mass is 10.1. The Morgan fingerprint density at radius 3 is 2.64 bits per heavy atom. The van der Waals surface area contributed by atoms with Crippen molar-refractivity contribution in [2.45, 2.75) is 6.29 Å². The van der Waals surface area contributed by atoms with Crippen LogP contribution in [0, 0.1) is 11.3 Å². The Hall–Kier alpha value is -1.57. The Labute approximate surface area is 81.3 Å². The standard InChI is InChI=1S/C10H9NO3/c11-6-7-1-2-8(9(12)5-7)10-13-3-4-14-10/h1-2,5,10,12H,3-4H2. The molecule has 0 atom stereocenters. The lowest BCUT2D eigenvalue weighted by Crippen LogP contribution is -1.98. The van der Waals surface area contributed by atoms with Gasteiger partial charge in [0.25, 0.3) is 0 Å². The van der Waals surface area contributed by atoms with Crippen LogP contribution < -0.4 is 0 Å². The first-order valence-corrected chi connectivity index (χ1v) is 4.27. The van der Waals surface area contributed by atoms with Crippen LogP contribution >= 0.6 is 0 Å². The van der Waals surface area contributed by atoms with Gasteiger partial charge in [-0.1, -0.05) is 0 Å². The van der Waals surface area contributed by atoms with E-state index >= 15 is 0 Å². The molecule has 0 radical (unpaired) electrons. The molecule has 1 saturated heterocycles. The van der Waals surface area contributed by atoms with E-state index in [1.165, 1.54) is 6.07 Å². The third-order valence-electron chi connectivity index (χ3n) is 2.04. The summed E-state index contributed by atoms with van der Waals surface area (Å²) in [7, 11) is 0. The van der Waals surface area contributed by atoms with Gasteiger partial charge in [0.2, 0.25) is 0 Å². The van der Waals surface area contributed by atoms with Crippen LogP contribution in [0.2, 0.25) is 0 Å². The number of aromatic hydroxyl groups is 1. The Balaban J connectivity index is 2.30. The second kappa shape index (κ2) is 3.66. The normalized spacial score (nSPS) is 16.8. The maximum Gasteiger partial charge on any atom is 0.187 e. The van der Waals surface area contributed by atoms with E-state index in [4.69, 9.17) is 14.7 Å². The number of phenolic OH excluding ortho intramolecular Hbond substituents is 1. The molecule has 0 aromatic heterocycles. The van der Waals surface area contributed by atoms with Crippen molar-refractivity contribution in [3.05, 3.63) is 29.3 Å². The third-order valence-corrected chi connectivity index (χ3v) is 2.04. The number of nitrogens with zero attached hydrogens (tertiary/aromatic N) is 1. The van der Waals surface area contributed by atoms with Crippen LogP contribution in [-0.4, -0.2) is 18.3 Å². The average molecular weight is 191 g/mol. The molecule has 0 spiro atoms. The maximum absolute atomic E-state index is 9.57. The summed E-state index contributed by atoms with van der Waals surface area (Å²) in [5.74, 6) is 0.0379. The Kier molecular flexibility index (Phi) is 2.35. The Morgan fingerprint density at radius 1 is 1.36 bits per heavy atom. The van der Waals surface area contributed by atoms with Crippen molar-refractivity contribution in [2.24, 2.45) is 0 Å². The topological polar surface area (TPSA) is 62.5 Å². The van der Waals surface area contributed by atoms with Crippen molar-refractivity contribution in [1.82, 2.24) is 0 Å². The highest BCUT2D eigenvalue weighted by Gasteiger charge is 2.21. The van der Waals surface area contributed by atoms with Crippen LogP contribution in [0.3, 0.4) is 0 Å². The molecule has 0 amide bonds. The highest BCUT2D eigenvalue weighted by molar-refractivity contribution is 5.42. The van der Waals surface area contributed by atoms with Gasteiger partial charge in [-0.25, -0.2) is 0 Å². The van der Waals surface area contributed by atoms with Gasteiger partial charge in [-0.3, -0.25) is 0 Å². The monoisotopic (exact) mass is 191 g/mol. The quantitative estimate of drug-likeness (QED) is 0.726.